The topological polar surface area (TPSA) is 62.7 Å². The molecule has 1 amide bonds. The van der Waals surface area contributed by atoms with Crippen LogP contribution in [0, 0.1) is 6.92 Å². The molecule has 5 heteroatoms. The van der Waals surface area contributed by atoms with Gasteiger partial charge in [0.1, 0.15) is 0 Å². The lowest BCUT2D eigenvalue weighted by atomic mass is 10.1. The molecule has 0 aliphatic carbocycles. The molecule has 0 atom stereocenters. The molecule has 2 aromatic heterocycles. The summed E-state index contributed by atoms with van der Waals surface area (Å²) in [6, 6.07) is 16.4. The lowest BCUT2D eigenvalue weighted by Gasteiger charge is -2.08. The van der Waals surface area contributed by atoms with E-state index in [0.29, 0.717) is 13.0 Å². The molecule has 0 bridgehead atoms. The fraction of sp³-hybridized carbons (Fsp3) is 0.182. The summed E-state index contributed by atoms with van der Waals surface area (Å²) in [6.07, 6.45) is 5.91. The lowest BCUT2D eigenvalue weighted by molar-refractivity contribution is -0.120. The van der Waals surface area contributed by atoms with Gasteiger partial charge in [-0.25, -0.2) is 4.98 Å². The van der Waals surface area contributed by atoms with E-state index in [4.69, 9.17) is 0 Å². The molecule has 4 rings (SSSR count). The van der Waals surface area contributed by atoms with Crippen LogP contribution in [-0.2, 0) is 24.3 Å². The molecular weight excluding hydrogens is 336 g/mol. The van der Waals surface area contributed by atoms with Gasteiger partial charge in [0.15, 0.2) is 0 Å². The zero-order valence-electron chi connectivity index (χ0n) is 15.3. The molecule has 27 heavy (non-hydrogen) atoms. The summed E-state index contributed by atoms with van der Waals surface area (Å²) in [6.45, 7) is 3.35. The highest BCUT2D eigenvalue weighted by Crippen LogP contribution is 2.22. The normalized spacial score (nSPS) is 11.0. The Kier molecular flexibility index (Phi) is 4.75. The Morgan fingerprint density at radius 2 is 1.89 bits per heavy atom. The van der Waals surface area contributed by atoms with Crippen molar-refractivity contribution >= 4 is 16.8 Å². The molecule has 136 valence electrons. The highest BCUT2D eigenvalue weighted by Gasteiger charge is 2.12. The average Bonchev–Trinajstić information content (AvgIpc) is 3.29. The first-order valence-electron chi connectivity index (χ1n) is 9.05. The van der Waals surface area contributed by atoms with Crippen molar-refractivity contribution in [1.29, 1.82) is 0 Å². The van der Waals surface area contributed by atoms with Crippen LogP contribution in [0.15, 0.2) is 67.3 Å². The predicted molar refractivity (Wildman–Crippen MR) is 106 cm³/mol. The summed E-state index contributed by atoms with van der Waals surface area (Å²) in [7, 11) is 0. The quantitative estimate of drug-likeness (QED) is 0.553. The van der Waals surface area contributed by atoms with E-state index in [9.17, 15) is 4.79 Å². The van der Waals surface area contributed by atoms with E-state index in [2.05, 4.69) is 45.6 Å². The number of imidazole rings is 1. The molecule has 0 radical (unpaired) electrons. The van der Waals surface area contributed by atoms with E-state index in [1.807, 2.05) is 35.9 Å². The minimum atomic E-state index is 0.0327. The summed E-state index contributed by atoms with van der Waals surface area (Å²) in [5, 5.41) is 4.15. The van der Waals surface area contributed by atoms with Gasteiger partial charge in [0, 0.05) is 42.1 Å². The summed E-state index contributed by atoms with van der Waals surface area (Å²) < 4.78 is 2.03. The maximum absolute atomic E-state index is 12.4. The van der Waals surface area contributed by atoms with Gasteiger partial charge >= 0.3 is 0 Å². The van der Waals surface area contributed by atoms with Gasteiger partial charge in [-0.05, 0) is 29.7 Å². The SMILES string of the molecule is Cc1[nH]c2ccccc2c1CC(=O)NCc1ccc(Cn2ccnc2)cc1. The number of rotatable bonds is 6. The number of para-hydroxylation sites is 1. The van der Waals surface area contributed by atoms with Crippen molar-refractivity contribution < 1.29 is 4.79 Å². The van der Waals surface area contributed by atoms with Gasteiger partial charge in [0.05, 0.1) is 12.7 Å². The summed E-state index contributed by atoms with van der Waals surface area (Å²) in [5.41, 5.74) is 5.49. The zero-order valence-corrected chi connectivity index (χ0v) is 15.3. The summed E-state index contributed by atoms with van der Waals surface area (Å²) in [4.78, 5) is 19.8. The van der Waals surface area contributed by atoms with Crippen molar-refractivity contribution in [2.75, 3.05) is 0 Å². The molecule has 5 nitrogen and oxygen atoms in total. The molecule has 0 unspecified atom stereocenters. The molecule has 0 aliphatic heterocycles. The van der Waals surface area contributed by atoms with E-state index in [0.717, 1.165) is 34.3 Å². The van der Waals surface area contributed by atoms with E-state index in [-0.39, 0.29) is 5.91 Å². The number of nitrogens with zero attached hydrogens (tertiary/aromatic N) is 2. The van der Waals surface area contributed by atoms with Crippen LogP contribution in [0.3, 0.4) is 0 Å². The Bertz CT molecular complexity index is 1050. The fourth-order valence-corrected chi connectivity index (χ4v) is 3.34. The molecule has 2 heterocycles. The van der Waals surface area contributed by atoms with Gasteiger partial charge < -0.3 is 14.9 Å². The number of hydrogen-bond donors (Lipinski definition) is 2. The number of fused-ring (bicyclic) bond motifs is 1. The zero-order chi connectivity index (χ0) is 18.6. The minimum Gasteiger partial charge on any atom is -0.358 e. The van der Waals surface area contributed by atoms with Crippen LogP contribution in [0.5, 0.6) is 0 Å². The monoisotopic (exact) mass is 358 g/mol. The van der Waals surface area contributed by atoms with E-state index < -0.39 is 0 Å². The Balaban J connectivity index is 1.35. The van der Waals surface area contributed by atoms with Gasteiger partial charge in [0.2, 0.25) is 5.91 Å². The van der Waals surface area contributed by atoms with Gasteiger partial charge in [-0.3, -0.25) is 4.79 Å². The number of H-pyrrole nitrogens is 1. The van der Waals surface area contributed by atoms with Crippen molar-refractivity contribution in [1.82, 2.24) is 19.9 Å². The minimum absolute atomic E-state index is 0.0327. The number of nitrogens with one attached hydrogen (secondary N) is 2. The van der Waals surface area contributed by atoms with E-state index in [1.165, 1.54) is 5.56 Å². The van der Waals surface area contributed by atoms with Crippen LogP contribution in [0.4, 0.5) is 0 Å². The first kappa shape index (κ1) is 17.1. The number of aromatic amines is 1. The average molecular weight is 358 g/mol. The highest BCUT2D eigenvalue weighted by molar-refractivity contribution is 5.90. The smallest absolute Gasteiger partial charge is 0.224 e. The summed E-state index contributed by atoms with van der Waals surface area (Å²) >= 11 is 0. The van der Waals surface area contributed by atoms with Gasteiger partial charge in [-0.2, -0.15) is 0 Å². The van der Waals surface area contributed by atoms with Gasteiger partial charge in [-0.1, -0.05) is 42.5 Å². The van der Waals surface area contributed by atoms with Crippen LogP contribution >= 0.6 is 0 Å². The van der Waals surface area contributed by atoms with Crippen molar-refractivity contribution in [2.24, 2.45) is 0 Å². The Morgan fingerprint density at radius 3 is 2.67 bits per heavy atom. The van der Waals surface area contributed by atoms with Gasteiger partial charge in [-0.15, -0.1) is 0 Å². The number of aromatic nitrogens is 3. The third-order valence-electron chi connectivity index (χ3n) is 4.80. The third-order valence-corrected chi connectivity index (χ3v) is 4.80. The lowest BCUT2D eigenvalue weighted by Crippen LogP contribution is -2.24. The molecule has 0 fully saturated rings. The van der Waals surface area contributed by atoms with E-state index >= 15 is 0 Å². The van der Waals surface area contributed by atoms with Crippen LogP contribution in [0.25, 0.3) is 10.9 Å². The Hall–Kier alpha value is -3.34. The number of carbonyl (C=O) groups is 1. The standard InChI is InChI=1S/C22H22N4O/c1-16-20(19-4-2-3-5-21(19)25-16)12-22(27)24-13-17-6-8-18(9-7-17)14-26-11-10-23-15-26/h2-11,15,25H,12-14H2,1H3,(H,24,27). The van der Waals surface area contributed by atoms with Crippen molar-refractivity contribution in [2.45, 2.75) is 26.4 Å². The number of hydrogen-bond acceptors (Lipinski definition) is 2. The molecular formula is C22H22N4O. The van der Waals surface area contributed by atoms with Crippen LogP contribution in [0.1, 0.15) is 22.4 Å². The first-order chi connectivity index (χ1) is 13.2. The number of benzene rings is 2. The highest BCUT2D eigenvalue weighted by atomic mass is 16.1. The second kappa shape index (κ2) is 7.50. The first-order valence-corrected chi connectivity index (χ1v) is 9.05. The second-order valence-electron chi connectivity index (χ2n) is 6.78. The number of carbonyl (C=O) groups excluding carboxylic acids is 1. The van der Waals surface area contributed by atoms with Crippen molar-refractivity contribution in [3.8, 4) is 0 Å². The molecule has 0 aliphatic rings. The molecule has 2 N–H and O–H groups in total. The van der Waals surface area contributed by atoms with E-state index in [1.54, 1.807) is 12.5 Å². The second-order valence-corrected chi connectivity index (χ2v) is 6.78. The number of aryl methyl sites for hydroxylation is 1. The Morgan fingerprint density at radius 1 is 1.11 bits per heavy atom. The van der Waals surface area contributed by atoms with Crippen LogP contribution in [0.2, 0.25) is 0 Å². The fourth-order valence-electron chi connectivity index (χ4n) is 3.34. The summed E-state index contributed by atoms with van der Waals surface area (Å²) in [5.74, 6) is 0.0327. The third kappa shape index (κ3) is 3.92. The maximum Gasteiger partial charge on any atom is 0.224 e. The van der Waals surface area contributed by atoms with Crippen LogP contribution in [-0.4, -0.2) is 20.4 Å². The largest absolute Gasteiger partial charge is 0.358 e. The van der Waals surface area contributed by atoms with Crippen molar-refractivity contribution in [3.63, 3.8) is 0 Å². The number of amides is 1. The maximum atomic E-state index is 12.4. The Labute approximate surface area is 158 Å². The van der Waals surface area contributed by atoms with Gasteiger partial charge in [0.25, 0.3) is 0 Å². The molecule has 2 aromatic carbocycles. The molecule has 4 aromatic rings. The molecule has 0 saturated carbocycles. The van der Waals surface area contributed by atoms with Crippen molar-refractivity contribution in [3.05, 3.63) is 89.6 Å². The molecule has 0 saturated heterocycles. The predicted octanol–water partition coefficient (Wildman–Crippen LogP) is 3.58. The molecule has 0 spiro atoms. The van der Waals surface area contributed by atoms with Crippen LogP contribution < -0.4 is 5.32 Å².